The molecule has 1 aliphatic rings. The highest BCUT2D eigenvalue weighted by molar-refractivity contribution is 5.66. The van der Waals surface area contributed by atoms with Gasteiger partial charge < -0.3 is 5.01 Å². The molecule has 1 N–H and O–H groups in total. The minimum atomic E-state index is 0.586. The maximum absolute atomic E-state index is 4.07. The summed E-state index contributed by atoms with van der Waals surface area (Å²) in [6.07, 6.45) is 0. The summed E-state index contributed by atoms with van der Waals surface area (Å²) in [5.74, 6) is 0.586. The van der Waals surface area contributed by atoms with Crippen molar-refractivity contribution in [2.45, 2.75) is 26.3 Å². The van der Waals surface area contributed by atoms with Gasteiger partial charge in [-0.05, 0) is 17.0 Å². The third kappa shape index (κ3) is 1.77. The number of hydrogen-bond donors (Lipinski definition) is 1. The molecule has 0 aliphatic carbocycles. The van der Waals surface area contributed by atoms with Crippen LogP contribution >= 0.6 is 0 Å². The molecule has 80 valence electrons. The van der Waals surface area contributed by atoms with Crippen molar-refractivity contribution in [3.63, 3.8) is 0 Å². The van der Waals surface area contributed by atoms with Crippen LogP contribution in [0.2, 0.25) is 0 Å². The van der Waals surface area contributed by atoms with Gasteiger partial charge in [-0.15, -0.1) is 0 Å². The zero-order valence-corrected chi connectivity index (χ0v) is 9.67. The summed E-state index contributed by atoms with van der Waals surface area (Å²) in [5.41, 5.74) is 8.35. The fourth-order valence-electron chi connectivity index (χ4n) is 1.88. The standard InChI is InChI=1S/C13H18N2/c1-9(2)11-5-6-13-10(3)15(4)14-8-12(13)7-11/h5-7,9,14H,3,8H2,1-2,4H3. The molecule has 1 aliphatic heterocycles. The van der Waals surface area contributed by atoms with E-state index in [1.807, 2.05) is 12.1 Å². The minimum Gasteiger partial charge on any atom is -0.311 e. The first kappa shape index (κ1) is 10.2. The lowest BCUT2D eigenvalue weighted by Crippen LogP contribution is -2.36. The first-order valence-electron chi connectivity index (χ1n) is 5.39. The average Bonchev–Trinajstić information content (AvgIpc) is 2.23. The largest absolute Gasteiger partial charge is 0.311 e. The van der Waals surface area contributed by atoms with Crippen LogP contribution in [0.25, 0.3) is 5.70 Å². The summed E-state index contributed by atoms with van der Waals surface area (Å²) in [7, 11) is 2.00. The molecule has 2 rings (SSSR count). The number of benzene rings is 1. The van der Waals surface area contributed by atoms with E-state index in [1.54, 1.807) is 0 Å². The lowest BCUT2D eigenvalue weighted by atomic mass is 9.95. The van der Waals surface area contributed by atoms with Crippen molar-refractivity contribution in [1.29, 1.82) is 0 Å². The highest BCUT2D eigenvalue weighted by Crippen LogP contribution is 2.27. The van der Waals surface area contributed by atoms with Gasteiger partial charge in [-0.25, -0.2) is 5.43 Å². The lowest BCUT2D eigenvalue weighted by Gasteiger charge is -2.30. The highest BCUT2D eigenvalue weighted by Gasteiger charge is 2.16. The summed E-state index contributed by atoms with van der Waals surface area (Å²) in [6, 6.07) is 6.67. The van der Waals surface area contributed by atoms with Crippen LogP contribution in [0.15, 0.2) is 24.8 Å². The van der Waals surface area contributed by atoms with Gasteiger partial charge in [0.1, 0.15) is 0 Å². The lowest BCUT2D eigenvalue weighted by molar-refractivity contribution is 0.331. The van der Waals surface area contributed by atoms with Gasteiger partial charge in [-0.3, -0.25) is 0 Å². The summed E-state index contributed by atoms with van der Waals surface area (Å²) in [6.45, 7) is 9.41. The van der Waals surface area contributed by atoms with Crippen molar-refractivity contribution >= 4 is 5.70 Å². The van der Waals surface area contributed by atoms with Crippen LogP contribution < -0.4 is 5.43 Å². The Morgan fingerprint density at radius 1 is 1.40 bits per heavy atom. The van der Waals surface area contributed by atoms with E-state index in [0.29, 0.717) is 5.92 Å². The summed E-state index contributed by atoms with van der Waals surface area (Å²) < 4.78 is 0. The smallest absolute Gasteiger partial charge is 0.0520 e. The van der Waals surface area contributed by atoms with Gasteiger partial charge >= 0.3 is 0 Å². The Hall–Kier alpha value is -1.28. The molecule has 0 spiro atoms. The predicted molar refractivity (Wildman–Crippen MR) is 64.2 cm³/mol. The van der Waals surface area contributed by atoms with Gasteiger partial charge in [0.25, 0.3) is 0 Å². The molecule has 0 aromatic heterocycles. The maximum atomic E-state index is 4.07. The van der Waals surface area contributed by atoms with Crippen LogP contribution in [0, 0.1) is 0 Å². The van der Waals surface area contributed by atoms with E-state index in [9.17, 15) is 0 Å². The molecule has 0 saturated carbocycles. The van der Waals surface area contributed by atoms with E-state index in [2.05, 4.69) is 44.1 Å². The van der Waals surface area contributed by atoms with Crippen molar-refractivity contribution < 1.29 is 0 Å². The molecule has 1 aromatic carbocycles. The molecule has 2 heteroatoms. The SMILES string of the molecule is C=C1c2ccc(C(C)C)cc2CNN1C. The van der Waals surface area contributed by atoms with E-state index in [-0.39, 0.29) is 0 Å². The van der Waals surface area contributed by atoms with Crippen LogP contribution in [0.5, 0.6) is 0 Å². The molecule has 0 amide bonds. The van der Waals surface area contributed by atoms with E-state index < -0.39 is 0 Å². The maximum Gasteiger partial charge on any atom is 0.0520 e. The van der Waals surface area contributed by atoms with Crippen molar-refractivity contribution in [2.75, 3.05) is 7.05 Å². The normalized spacial score (nSPS) is 15.7. The number of fused-ring (bicyclic) bond motifs is 1. The molecular weight excluding hydrogens is 184 g/mol. The average molecular weight is 202 g/mol. The monoisotopic (exact) mass is 202 g/mol. The number of rotatable bonds is 1. The Bertz CT molecular complexity index is 394. The summed E-state index contributed by atoms with van der Waals surface area (Å²) in [5, 5.41) is 1.98. The number of nitrogens with one attached hydrogen (secondary N) is 1. The fraction of sp³-hybridized carbons (Fsp3) is 0.385. The molecule has 1 aromatic rings. The molecule has 0 bridgehead atoms. The third-order valence-corrected chi connectivity index (χ3v) is 3.02. The Morgan fingerprint density at radius 2 is 2.13 bits per heavy atom. The van der Waals surface area contributed by atoms with Crippen LogP contribution in [-0.4, -0.2) is 12.1 Å². The molecule has 0 fully saturated rings. The van der Waals surface area contributed by atoms with Crippen LogP contribution in [-0.2, 0) is 6.54 Å². The quantitative estimate of drug-likeness (QED) is 0.753. The Kier molecular flexibility index (Phi) is 2.53. The second-order valence-electron chi connectivity index (χ2n) is 4.41. The van der Waals surface area contributed by atoms with Crippen LogP contribution in [0.4, 0.5) is 0 Å². The molecule has 0 unspecified atom stereocenters. The zero-order chi connectivity index (χ0) is 11.0. The summed E-state index contributed by atoms with van der Waals surface area (Å²) in [4.78, 5) is 0. The second-order valence-corrected chi connectivity index (χ2v) is 4.41. The van der Waals surface area contributed by atoms with E-state index in [0.717, 1.165) is 12.2 Å². The molecule has 15 heavy (non-hydrogen) atoms. The number of hydrogen-bond acceptors (Lipinski definition) is 2. The first-order chi connectivity index (χ1) is 7.09. The van der Waals surface area contributed by atoms with Crippen LogP contribution in [0.3, 0.4) is 0 Å². The van der Waals surface area contributed by atoms with E-state index >= 15 is 0 Å². The highest BCUT2D eigenvalue weighted by atomic mass is 15.5. The first-order valence-corrected chi connectivity index (χ1v) is 5.39. The van der Waals surface area contributed by atoms with Crippen molar-refractivity contribution in [3.8, 4) is 0 Å². The van der Waals surface area contributed by atoms with Gasteiger partial charge in [-0.1, -0.05) is 38.6 Å². The zero-order valence-electron chi connectivity index (χ0n) is 9.67. The molecule has 0 radical (unpaired) electrons. The van der Waals surface area contributed by atoms with Gasteiger partial charge in [-0.2, -0.15) is 0 Å². The molecule has 0 atom stereocenters. The molecule has 2 nitrogen and oxygen atoms in total. The Labute approximate surface area is 91.6 Å². The second kappa shape index (κ2) is 3.70. The third-order valence-electron chi connectivity index (χ3n) is 3.02. The van der Waals surface area contributed by atoms with E-state index in [1.165, 1.54) is 16.7 Å². The van der Waals surface area contributed by atoms with Crippen molar-refractivity contribution in [3.05, 3.63) is 41.5 Å². The van der Waals surface area contributed by atoms with E-state index in [4.69, 9.17) is 0 Å². The molecule has 1 heterocycles. The predicted octanol–water partition coefficient (Wildman–Crippen LogP) is 2.73. The Morgan fingerprint density at radius 3 is 2.80 bits per heavy atom. The number of nitrogens with zero attached hydrogens (tertiary/aromatic N) is 1. The van der Waals surface area contributed by atoms with Gasteiger partial charge in [0, 0.05) is 19.2 Å². The van der Waals surface area contributed by atoms with Gasteiger partial charge in [0.05, 0.1) is 5.70 Å². The summed E-state index contributed by atoms with van der Waals surface area (Å²) >= 11 is 0. The van der Waals surface area contributed by atoms with Crippen LogP contribution in [0.1, 0.15) is 36.5 Å². The van der Waals surface area contributed by atoms with Crippen molar-refractivity contribution in [2.24, 2.45) is 0 Å². The van der Waals surface area contributed by atoms with Crippen molar-refractivity contribution in [1.82, 2.24) is 10.4 Å². The Balaban J connectivity index is 2.43. The molecular formula is C13H18N2. The van der Waals surface area contributed by atoms with Gasteiger partial charge in [0.15, 0.2) is 0 Å². The topological polar surface area (TPSA) is 15.3 Å². The molecule has 0 saturated heterocycles. The fourth-order valence-corrected chi connectivity index (χ4v) is 1.88. The number of hydrazine groups is 1. The van der Waals surface area contributed by atoms with Gasteiger partial charge in [0.2, 0.25) is 0 Å². The minimum absolute atomic E-state index is 0.586.